The Balaban J connectivity index is 1.92. The van der Waals surface area contributed by atoms with E-state index in [1.54, 1.807) is 30.3 Å². The fraction of sp³-hybridized carbons (Fsp3) is 0.154. The molecule has 1 aromatic heterocycles. The molecule has 0 aliphatic heterocycles. The maximum atomic E-state index is 11.6. The average Bonchev–Trinajstić information content (AvgIpc) is 2.94. The van der Waals surface area contributed by atoms with Gasteiger partial charge in [-0.1, -0.05) is 6.08 Å². The number of anilines is 1. The lowest BCUT2D eigenvalue weighted by molar-refractivity contribution is -0.115. The van der Waals surface area contributed by atoms with Crippen molar-refractivity contribution in [1.29, 1.82) is 0 Å². The molecule has 1 aromatic carbocycles. The van der Waals surface area contributed by atoms with Gasteiger partial charge in [0.2, 0.25) is 18.2 Å². The molecule has 0 aliphatic carbocycles. The number of aromatic nitrogens is 2. The highest BCUT2D eigenvalue weighted by Crippen LogP contribution is 2.18. The second-order valence-corrected chi connectivity index (χ2v) is 3.79. The Morgan fingerprint density at radius 1 is 1.37 bits per heavy atom. The quantitative estimate of drug-likeness (QED) is 0.605. The largest absolute Gasteiger partial charge is 0.423 e. The number of benzene rings is 1. The molecule has 0 atom stereocenters. The average molecular weight is 258 g/mol. The first-order valence-corrected chi connectivity index (χ1v) is 5.77. The zero-order chi connectivity index (χ0) is 13.5. The molecule has 6 nitrogen and oxygen atoms in total. The maximum absolute atomic E-state index is 11.6. The molecular weight excluding hydrogens is 244 g/mol. The first-order valence-electron chi connectivity index (χ1n) is 5.77. The topological polar surface area (TPSA) is 80.0 Å². The molecule has 2 rings (SSSR count). The Bertz CT molecular complexity index is 534. The summed E-state index contributed by atoms with van der Waals surface area (Å²) in [5, 5.41) is 13.1. The lowest BCUT2D eigenvalue weighted by atomic mass is 10.2. The molecule has 19 heavy (non-hydrogen) atoms. The Kier molecular flexibility index (Phi) is 4.41. The van der Waals surface area contributed by atoms with E-state index in [-0.39, 0.29) is 12.5 Å². The molecule has 0 radical (unpaired) electrons. The number of rotatable bonds is 6. The fourth-order valence-electron chi connectivity index (χ4n) is 1.49. The van der Waals surface area contributed by atoms with E-state index in [0.29, 0.717) is 18.1 Å². The summed E-state index contributed by atoms with van der Waals surface area (Å²) in [6.45, 7) is 4.41. The highest BCUT2D eigenvalue weighted by Gasteiger charge is 2.04. The summed E-state index contributed by atoms with van der Waals surface area (Å²) < 4.78 is 5.08. The third-order valence-corrected chi connectivity index (χ3v) is 2.35. The van der Waals surface area contributed by atoms with Crippen LogP contribution in [0.3, 0.4) is 0 Å². The number of amides is 1. The minimum Gasteiger partial charge on any atom is -0.423 e. The molecule has 0 aliphatic rings. The lowest BCUT2D eigenvalue weighted by Gasteiger charge is -2.05. The molecule has 0 bridgehead atoms. The van der Waals surface area contributed by atoms with Crippen LogP contribution in [0.5, 0.6) is 0 Å². The summed E-state index contributed by atoms with van der Waals surface area (Å²) in [5.74, 6) is 0.345. The van der Waals surface area contributed by atoms with Crippen LogP contribution in [0.2, 0.25) is 0 Å². The molecule has 1 heterocycles. The summed E-state index contributed by atoms with van der Waals surface area (Å²) >= 11 is 0. The first-order chi connectivity index (χ1) is 9.29. The highest BCUT2D eigenvalue weighted by molar-refractivity contribution is 5.92. The van der Waals surface area contributed by atoms with Gasteiger partial charge in [-0.3, -0.25) is 4.79 Å². The minimum atomic E-state index is -0.104. The second kappa shape index (κ2) is 6.46. The summed E-state index contributed by atoms with van der Waals surface area (Å²) in [6, 6.07) is 7.18. The van der Waals surface area contributed by atoms with Crippen LogP contribution in [0.4, 0.5) is 5.69 Å². The molecule has 2 N–H and O–H groups in total. The predicted octanol–water partition coefficient (Wildman–Crippen LogP) is 1.45. The number of nitrogens with one attached hydrogen (secondary N) is 2. The Hall–Kier alpha value is -2.47. The molecule has 98 valence electrons. The summed E-state index contributed by atoms with van der Waals surface area (Å²) in [4.78, 5) is 11.6. The van der Waals surface area contributed by atoms with Crippen molar-refractivity contribution in [3.63, 3.8) is 0 Å². The third kappa shape index (κ3) is 3.75. The Morgan fingerprint density at radius 2 is 2.16 bits per heavy atom. The normalized spacial score (nSPS) is 10.1. The van der Waals surface area contributed by atoms with Crippen LogP contribution in [0.15, 0.2) is 47.7 Å². The molecule has 2 aromatic rings. The van der Waals surface area contributed by atoms with Crippen molar-refractivity contribution in [2.75, 3.05) is 18.4 Å². The highest BCUT2D eigenvalue weighted by atomic mass is 16.4. The monoisotopic (exact) mass is 258 g/mol. The van der Waals surface area contributed by atoms with Gasteiger partial charge in [0, 0.05) is 17.8 Å². The van der Waals surface area contributed by atoms with Gasteiger partial charge in [0.05, 0.1) is 6.54 Å². The zero-order valence-corrected chi connectivity index (χ0v) is 10.3. The van der Waals surface area contributed by atoms with E-state index in [9.17, 15) is 4.79 Å². The van der Waals surface area contributed by atoms with E-state index in [0.717, 1.165) is 5.56 Å². The molecule has 0 saturated heterocycles. The van der Waals surface area contributed by atoms with Gasteiger partial charge >= 0.3 is 0 Å². The van der Waals surface area contributed by atoms with Crippen molar-refractivity contribution >= 4 is 11.6 Å². The number of hydrogen-bond donors (Lipinski definition) is 2. The van der Waals surface area contributed by atoms with Gasteiger partial charge in [0.25, 0.3) is 0 Å². The van der Waals surface area contributed by atoms with Gasteiger partial charge in [-0.25, -0.2) is 0 Å². The zero-order valence-electron chi connectivity index (χ0n) is 10.3. The van der Waals surface area contributed by atoms with Crippen molar-refractivity contribution in [3.05, 3.63) is 43.3 Å². The second-order valence-electron chi connectivity index (χ2n) is 3.79. The van der Waals surface area contributed by atoms with Gasteiger partial charge in [0.15, 0.2) is 0 Å². The summed E-state index contributed by atoms with van der Waals surface area (Å²) in [7, 11) is 0. The van der Waals surface area contributed by atoms with Gasteiger partial charge in [0.1, 0.15) is 0 Å². The van der Waals surface area contributed by atoms with Crippen LogP contribution >= 0.6 is 0 Å². The third-order valence-electron chi connectivity index (χ3n) is 2.35. The Morgan fingerprint density at radius 3 is 2.79 bits per heavy atom. The van der Waals surface area contributed by atoms with Crippen LogP contribution in [-0.4, -0.2) is 29.2 Å². The van der Waals surface area contributed by atoms with Crippen LogP contribution in [0.25, 0.3) is 11.5 Å². The van der Waals surface area contributed by atoms with Crippen LogP contribution < -0.4 is 10.6 Å². The predicted molar refractivity (Wildman–Crippen MR) is 71.4 cm³/mol. The molecule has 0 unspecified atom stereocenters. The van der Waals surface area contributed by atoms with Gasteiger partial charge < -0.3 is 15.1 Å². The van der Waals surface area contributed by atoms with Crippen LogP contribution in [0, 0.1) is 0 Å². The van der Waals surface area contributed by atoms with E-state index in [2.05, 4.69) is 27.4 Å². The van der Waals surface area contributed by atoms with Crippen molar-refractivity contribution in [2.45, 2.75) is 0 Å². The van der Waals surface area contributed by atoms with Crippen molar-refractivity contribution in [2.24, 2.45) is 0 Å². The minimum absolute atomic E-state index is 0.104. The number of carbonyl (C=O) groups is 1. The van der Waals surface area contributed by atoms with E-state index in [1.165, 1.54) is 6.39 Å². The maximum Gasteiger partial charge on any atom is 0.247 e. The van der Waals surface area contributed by atoms with Crippen LogP contribution in [-0.2, 0) is 4.79 Å². The molecule has 0 spiro atoms. The van der Waals surface area contributed by atoms with Crippen molar-refractivity contribution < 1.29 is 9.21 Å². The molecule has 6 heteroatoms. The van der Waals surface area contributed by atoms with E-state index < -0.39 is 0 Å². The Labute approximate surface area is 110 Å². The number of carbonyl (C=O) groups excluding carboxylic acids is 1. The van der Waals surface area contributed by atoms with Crippen LogP contribution in [0.1, 0.15) is 0 Å². The van der Waals surface area contributed by atoms with E-state index in [4.69, 9.17) is 4.42 Å². The van der Waals surface area contributed by atoms with Gasteiger partial charge in [-0.15, -0.1) is 16.8 Å². The standard InChI is InChI=1S/C13H14N4O2/c1-2-7-14-8-12(18)16-11-5-3-10(4-6-11)13-17-15-9-19-13/h2-6,9,14H,1,7-8H2,(H,16,18). The SMILES string of the molecule is C=CCNCC(=O)Nc1ccc(-c2nnco2)cc1. The number of nitrogens with zero attached hydrogens (tertiary/aromatic N) is 2. The van der Waals surface area contributed by atoms with E-state index in [1.807, 2.05) is 0 Å². The molecule has 0 saturated carbocycles. The van der Waals surface area contributed by atoms with Crippen molar-refractivity contribution in [3.8, 4) is 11.5 Å². The van der Waals surface area contributed by atoms with E-state index >= 15 is 0 Å². The molecular formula is C13H14N4O2. The summed E-state index contributed by atoms with van der Waals surface area (Å²) in [5.41, 5.74) is 1.52. The summed E-state index contributed by atoms with van der Waals surface area (Å²) in [6.07, 6.45) is 2.97. The molecule has 1 amide bonds. The van der Waals surface area contributed by atoms with Gasteiger partial charge in [-0.2, -0.15) is 0 Å². The smallest absolute Gasteiger partial charge is 0.247 e. The molecule has 0 fully saturated rings. The number of hydrogen-bond acceptors (Lipinski definition) is 5. The van der Waals surface area contributed by atoms with Gasteiger partial charge in [-0.05, 0) is 24.3 Å². The lowest BCUT2D eigenvalue weighted by Crippen LogP contribution is -2.27. The van der Waals surface area contributed by atoms with Crippen molar-refractivity contribution in [1.82, 2.24) is 15.5 Å². The fourth-order valence-corrected chi connectivity index (χ4v) is 1.49. The first kappa shape index (κ1) is 13.0.